The molecule has 0 aliphatic carbocycles. The lowest BCUT2D eigenvalue weighted by Crippen LogP contribution is -2.55. The maximum Gasteiger partial charge on any atom is 0.265 e. The first-order valence-corrected chi connectivity index (χ1v) is 11.3. The van der Waals surface area contributed by atoms with Crippen molar-refractivity contribution in [3.63, 3.8) is 0 Å². The quantitative estimate of drug-likeness (QED) is 0.328. The predicted molar refractivity (Wildman–Crippen MR) is 103 cm³/mol. The first kappa shape index (κ1) is 23.7. The Labute approximate surface area is 159 Å². The number of aliphatic hydroxyl groups excluding tert-OH is 1. The maximum atomic E-state index is 11.0. The van der Waals surface area contributed by atoms with Gasteiger partial charge in [0.25, 0.3) is 10.1 Å². The maximum absolute atomic E-state index is 11.0. The molecule has 1 aliphatic rings. The van der Waals surface area contributed by atoms with Gasteiger partial charge in [0.15, 0.2) is 0 Å². The summed E-state index contributed by atoms with van der Waals surface area (Å²) in [7, 11) is -1.88. The smallest absolute Gasteiger partial charge is 0.265 e. The summed E-state index contributed by atoms with van der Waals surface area (Å²) in [6, 6.07) is 0. The Bertz CT molecular complexity index is 481. The summed E-state index contributed by atoms with van der Waals surface area (Å²) < 4.78 is 37.0. The summed E-state index contributed by atoms with van der Waals surface area (Å²) in [6.07, 6.45) is -0.0850. The molecule has 2 atom stereocenters. The van der Waals surface area contributed by atoms with Crippen molar-refractivity contribution < 1.29 is 27.3 Å². The molecular formula is C17H38N3O5S+. The largest absolute Gasteiger partial charge is 0.386 e. The van der Waals surface area contributed by atoms with Crippen LogP contribution >= 0.6 is 0 Å². The molecule has 0 radical (unpaired) electrons. The van der Waals surface area contributed by atoms with Crippen LogP contribution in [0.1, 0.15) is 20.3 Å². The van der Waals surface area contributed by atoms with Gasteiger partial charge < -0.3 is 14.3 Å². The highest BCUT2D eigenvalue weighted by Gasteiger charge is 2.28. The average molecular weight is 397 g/mol. The van der Waals surface area contributed by atoms with Gasteiger partial charge in [-0.25, -0.2) is 0 Å². The van der Waals surface area contributed by atoms with E-state index in [1.165, 1.54) is 0 Å². The fourth-order valence-corrected chi connectivity index (χ4v) is 3.99. The van der Waals surface area contributed by atoms with E-state index in [0.29, 0.717) is 43.8 Å². The summed E-state index contributed by atoms with van der Waals surface area (Å²) in [6.45, 7) is 12.8. The van der Waals surface area contributed by atoms with Crippen LogP contribution in [0, 0.1) is 0 Å². The second kappa shape index (κ2) is 11.5. The number of ether oxygens (including phenoxy) is 1. The van der Waals surface area contributed by atoms with Gasteiger partial charge in [-0.1, -0.05) is 13.8 Å². The van der Waals surface area contributed by atoms with Crippen molar-refractivity contribution in [2.75, 3.05) is 84.9 Å². The van der Waals surface area contributed by atoms with E-state index in [-0.39, 0.29) is 5.75 Å². The number of morpholine rings is 1. The molecule has 1 saturated heterocycles. The van der Waals surface area contributed by atoms with Crippen LogP contribution in [-0.4, -0.2) is 123 Å². The fraction of sp³-hybridized carbons (Fsp3) is 1.00. The Hall–Kier alpha value is -0.290. The van der Waals surface area contributed by atoms with E-state index in [9.17, 15) is 13.5 Å². The van der Waals surface area contributed by atoms with Crippen molar-refractivity contribution in [2.45, 2.75) is 26.4 Å². The normalized spacial score (nSPS) is 20.2. The van der Waals surface area contributed by atoms with E-state index < -0.39 is 16.2 Å². The average Bonchev–Trinajstić information content (AvgIpc) is 2.55. The molecule has 1 fully saturated rings. The number of aliphatic hydroxyl groups is 1. The molecule has 26 heavy (non-hydrogen) atoms. The highest BCUT2D eigenvalue weighted by molar-refractivity contribution is 7.85. The third-order valence-corrected chi connectivity index (χ3v) is 5.98. The standard InChI is InChI=1S/C17H37N3O5S/c1-4-18(5-2)7-11-20(3,10-6-14-26(22,23)24)16-17(21)15-19-8-12-25-13-9-19/h17,21H,4-16H2,1-3H3/p+1. The van der Waals surface area contributed by atoms with Gasteiger partial charge in [0.2, 0.25) is 0 Å². The van der Waals surface area contributed by atoms with Crippen LogP contribution in [0.3, 0.4) is 0 Å². The molecule has 8 nitrogen and oxygen atoms in total. The Kier molecular flexibility index (Phi) is 10.5. The molecule has 0 aromatic heterocycles. The number of hydrogen-bond donors (Lipinski definition) is 2. The van der Waals surface area contributed by atoms with Gasteiger partial charge in [0, 0.05) is 32.6 Å². The lowest BCUT2D eigenvalue weighted by Gasteiger charge is -2.39. The topological polar surface area (TPSA) is 90.3 Å². The fourth-order valence-electron chi connectivity index (χ4n) is 3.49. The van der Waals surface area contributed by atoms with E-state index in [4.69, 9.17) is 9.29 Å². The third-order valence-electron chi connectivity index (χ3n) is 5.17. The molecule has 0 aromatic rings. The molecule has 0 bridgehead atoms. The molecular weight excluding hydrogens is 358 g/mol. The monoisotopic (exact) mass is 396 g/mol. The van der Waals surface area contributed by atoms with Gasteiger partial charge in [-0.05, 0) is 13.1 Å². The van der Waals surface area contributed by atoms with E-state index in [2.05, 4.69) is 30.7 Å². The Morgan fingerprint density at radius 3 is 2.35 bits per heavy atom. The van der Waals surface area contributed by atoms with Crippen molar-refractivity contribution in [2.24, 2.45) is 0 Å². The Morgan fingerprint density at radius 1 is 1.19 bits per heavy atom. The summed E-state index contributed by atoms with van der Waals surface area (Å²) >= 11 is 0. The van der Waals surface area contributed by atoms with Crippen LogP contribution in [-0.2, 0) is 14.9 Å². The second-order valence-corrected chi connectivity index (χ2v) is 9.05. The minimum Gasteiger partial charge on any atom is -0.386 e. The van der Waals surface area contributed by atoms with Gasteiger partial charge in [-0.15, -0.1) is 0 Å². The number of hydrogen-bond acceptors (Lipinski definition) is 6. The molecule has 0 saturated carbocycles. The molecule has 1 heterocycles. The number of nitrogens with zero attached hydrogens (tertiary/aromatic N) is 3. The van der Waals surface area contributed by atoms with E-state index in [1.807, 2.05) is 0 Å². The van der Waals surface area contributed by atoms with Crippen LogP contribution in [0.5, 0.6) is 0 Å². The molecule has 0 aromatic carbocycles. The molecule has 0 amide bonds. The Morgan fingerprint density at radius 2 is 1.81 bits per heavy atom. The summed E-state index contributed by atoms with van der Waals surface area (Å²) in [5, 5.41) is 10.6. The van der Waals surface area contributed by atoms with Crippen molar-refractivity contribution in [3.8, 4) is 0 Å². The summed E-state index contributed by atoms with van der Waals surface area (Å²) in [4.78, 5) is 4.54. The van der Waals surface area contributed by atoms with Gasteiger partial charge in [-0.2, -0.15) is 8.42 Å². The first-order chi connectivity index (χ1) is 12.2. The SMILES string of the molecule is CCN(CC)CC[N+](C)(CCCS(=O)(=O)O)CC(O)CN1CCOCC1. The van der Waals surface area contributed by atoms with Crippen LogP contribution < -0.4 is 0 Å². The van der Waals surface area contributed by atoms with Gasteiger partial charge in [0.1, 0.15) is 12.6 Å². The van der Waals surface area contributed by atoms with Crippen molar-refractivity contribution in [1.82, 2.24) is 9.80 Å². The zero-order valence-corrected chi connectivity index (χ0v) is 17.5. The van der Waals surface area contributed by atoms with Crippen LogP contribution in [0.25, 0.3) is 0 Å². The van der Waals surface area contributed by atoms with Crippen LogP contribution in [0.15, 0.2) is 0 Å². The molecule has 2 unspecified atom stereocenters. The summed E-state index contributed by atoms with van der Waals surface area (Å²) in [5.41, 5.74) is 0. The number of β-amino-alcohol motifs (C(OH)–C–C–N with tert-alkyl or cyclic N) is 1. The number of likely N-dealkylation sites (N-methyl/N-ethyl adjacent to an activating group) is 2. The zero-order chi connectivity index (χ0) is 19.6. The molecule has 1 aliphatic heterocycles. The van der Waals surface area contributed by atoms with Gasteiger partial charge in [-0.3, -0.25) is 14.4 Å². The number of rotatable bonds is 13. The van der Waals surface area contributed by atoms with Gasteiger partial charge >= 0.3 is 0 Å². The molecule has 0 spiro atoms. The highest BCUT2D eigenvalue weighted by atomic mass is 32.2. The molecule has 156 valence electrons. The first-order valence-electron chi connectivity index (χ1n) is 9.66. The minimum absolute atomic E-state index is 0.230. The van der Waals surface area contributed by atoms with Gasteiger partial charge in [0.05, 0.1) is 39.1 Å². The minimum atomic E-state index is -3.94. The van der Waals surface area contributed by atoms with Crippen molar-refractivity contribution in [3.05, 3.63) is 0 Å². The lowest BCUT2D eigenvalue weighted by molar-refractivity contribution is -0.911. The summed E-state index contributed by atoms with van der Waals surface area (Å²) in [5.74, 6) is -0.230. The van der Waals surface area contributed by atoms with Crippen LogP contribution in [0.2, 0.25) is 0 Å². The highest BCUT2D eigenvalue weighted by Crippen LogP contribution is 2.10. The lowest BCUT2D eigenvalue weighted by atomic mass is 10.2. The number of quaternary nitrogens is 1. The van der Waals surface area contributed by atoms with Crippen molar-refractivity contribution >= 4 is 10.1 Å². The second-order valence-electron chi connectivity index (χ2n) is 7.48. The van der Waals surface area contributed by atoms with Crippen molar-refractivity contribution in [1.29, 1.82) is 0 Å². The molecule has 1 rings (SSSR count). The van der Waals surface area contributed by atoms with E-state index >= 15 is 0 Å². The molecule has 9 heteroatoms. The van der Waals surface area contributed by atoms with E-state index in [1.54, 1.807) is 0 Å². The molecule has 2 N–H and O–H groups in total. The van der Waals surface area contributed by atoms with Crippen LogP contribution in [0.4, 0.5) is 0 Å². The predicted octanol–water partition coefficient (Wildman–Crippen LogP) is -0.254. The van der Waals surface area contributed by atoms with E-state index in [0.717, 1.165) is 39.3 Å². The Balaban J connectivity index is 2.61. The third kappa shape index (κ3) is 10.1. The zero-order valence-electron chi connectivity index (χ0n) is 16.6.